The molecule has 1 aliphatic rings. The van der Waals surface area contributed by atoms with Gasteiger partial charge in [0.25, 0.3) is 0 Å². The van der Waals surface area contributed by atoms with Crippen LogP contribution in [0.2, 0.25) is 0 Å². The number of carbonyl (C=O) groups excluding carboxylic acids is 1. The van der Waals surface area contributed by atoms with Crippen LogP contribution in [0.25, 0.3) is 0 Å². The van der Waals surface area contributed by atoms with Gasteiger partial charge in [-0.3, -0.25) is 0 Å². The predicted octanol–water partition coefficient (Wildman–Crippen LogP) is 2.06. The Hall–Kier alpha value is -3.16. The predicted molar refractivity (Wildman–Crippen MR) is 105 cm³/mol. The minimum Gasteiger partial charge on any atom is -0.479 e. The molecule has 0 bridgehead atoms. The lowest BCUT2D eigenvalue weighted by Crippen LogP contribution is -2.53. The molecule has 1 aromatic carbocycles. The fourth-order valence-corrected chi connectivity index (χ4v) is 3.32. The van der Waals surface area contributed by atoms with E-state index >= 15 is 0 Å². The van der Waals surface area contributed by atoms with Crippen LogP contribution in [-0.4, -0.2) is 58.2 Å². The minimum absolute atomic E-state index is 0.371. The molecule has 2 N–H and O–H groups in total. The number of amides is 2. The van der Waals surface area contributed by atoms with Crippen LogP contribution in [0.4, 0.5) is 10.6 Å². The van der Waals surface area contributed by atoms with Crippen LogP contribution in [0.3, 0.4) is 0 Å². The number of anilines is 1. The molecule has 28 heavy (non-hydrogen) atoms. The summed E-state index contributed by atoms with van der Waals surface area (Å²) < 4.78 is 0. The number of urea groups is 1. The molecule has 2 heterocycles. The standard InChI is InChI=1S/C20H25N5O3/c1-13-5-4-6-16(11-13)17(19(26)27)23-20(28)25-9-7-24(8-10-25)18-14(2)15(3)21-12-22-18/h4-6,11-12,17H,7-10H2,1-3H3,(H,23,28)(H,26,27)/t17-/m1/s1. The molecule has 0 unspecified atom stereocenters. The molecule has 1 saturated heterocycles. The molecule has 1 atom stereocenters. The number of piperazine rings is 1. The second-order valence-electron chi connectivity index (χ2n) is 7.02. The molecule has 8 heteroatoms. The lowest BCUT2D eigenvalue weighted by molar-refractivity contribution is -0.139. The van der Waals surface area contributed by atoms with Crippen LogP contribution in [0.5, 0.6) is 0 Å². The molecule has 3 rings (SSSR count). The second-order valence-corrected chi connectivity index (χ2v) is 7.02. The maximum absolute atomic E-state index is 12.6. The van der Waals surface area contributed by atoms with Gasteiger partial charge in [0.2, 0.25) is 0 Å². The molecule has 0 spiro atoms. The van der Waals surface area contributed by atoms with Gasteiger partial charge in [-0.25, -0.2) is 19.6 Å². The number of aryl methyl sites for hydroxylation is 2. The quantitative estimate of drug-likeness (QED) is 0.839. The van der Waals surface area contributed by atoms with Crippen LogP contribution in [0.15, 0.2) is 30.6 Å². The highest BCUT2D eigenvalue weighted by Gasteiger charge is 2.28. The third kappa shape index (κ3) is 4.21. The van der Waals surface area contributed by atoms with E-state index in [1.165, 1.54) is 0 Å². The monoisotopic (exact) mass is 383 g/mol. The van der Waals surface area contributed by atoms with Gasteiger partial charge < -0.3 is 20.2 Å². The third-order valence-corrected chi connectivity index (χ3v) is 5.07. The van der Waals surface area contributed by atoms with Crippen molar-refractivity contribution >= 4 is 17.8 Å². The van der Waals surface area contributed by atoms with Gasteiger partial charge in [0, 0.05) is 37.4 Å². The first-order chi connectivity index (χ1) is 13.4. The summed E-state index contributed by atoms with van der Waals surface area (Å²) in [5.41, 5.74) is 3.48. The van der Waals surface area contributed by atoms with Crippen molar-refractivity contribution in [1.29, 1.82) is 0 Å². The summed E-state index contributed by atoms with van der Waals surface area (Å²) in [6, 6.07) is 5.72. The third-order valence-electron chi connectivity index (χ3n) is 5.07. The summed E-state index contributed by atoms with van der Waals surface area (Å²) in [7, 11) is 0. The maximum atomic E-state index is 12.6. The number of hydrogen-bond acceptors (Lipinski definition) is 5. The van der Waals surface area contributed by atoms with Gasteiger partial charge in [0.15, 0.2) is 6.04 Å². The number of hydrogen-bond donors (Lipinski definition) is 2. The lowest BCUT2D eigenvalue weighted by atomic mass is 10.0. The number of carbonyl (C=O) groups is 2. The molecule has 1 aromatic heterocycles. The zero-order chi connectivity index (χ0) is 20.3. The lowest BCUT2D eigenvalue weighted by Gasteiger charge is -2.36. The Morgan fingerprint density at radius 2 is 1.82 bits per heavy atom. The van der Waals surface area contributed by atoms with Crippen LogP contribution in [0.1, 0.15) is 28.4 Å². The Bertz CT molecular complexity index is 878. The van der Waals surface area contributed by atoms with Crippen LogP contribution in [-0.2, 0) is 4.79 Å². The summed E-state index contributed by atoms with van der Waals surface area (Å²) in [6.45, 7) is 8.08. The van der Waals surface area contributed by atoms with E-state index < -0.39 is 12.0 Å². The minimum atomic E-state index is -1.08. The van der Waals surface area contributed by atoms with Crippen LogP contribution < -0.4 is 10.2 Å². The number of nitrogens with one attached hydrogen (secondary N) is 1. The number of nitrogens with zero attached hydrogens (tertiary/aromatic N) is 4. The van der Waals surface area contributed by atoms with Gasteiger partial charge in [-0.15, -0.1) is 0 Å². The van der Waals surface area contributed by atoms with Gasteiger partial charge in [0.1, 0.15) is 12.1 Å². The molecule has 0 aliphatic carbocycles. The average Bonchev–Trinajstić information content (AvgIpc) is 2.68. The molecule has 0 saturated carbocycles. The largest absolute Gasteiger partial charge is 0.479 e. The topological polar surface area (TPSA) is 98.7 Å². The van der Waals surface area contributed by atoms with E-state index in [0.717, 1.165) is 22.6 Å². The van der Waals surface area contributed by atoms with Crippen molar-refractivity contribution in [2.75, 3.05) is 31.1 Å². The Morgan fingerprint density at radius 1 is 1.11 bits per heavy atom. The molecular formula is C20H25N5O3. The fraction of sp³-hybridized carbons (Fsp3) is 0.400. The molecule has 0 radical (unpaired) electrons. The van der Waals surface area contributed by atoms with Crippen molar-refractivity contribution in [3.05, 3.63) is 53.0 Å². The highest BCUT2D eigenvalue weighted by Crippen LogP contribution is 2.20. The van der Waals surface area contributed by atoms with Crippen molar-refractivity contribution < 1.29 is 14.7 Å². The van der Waals surface area contributed by atoms with E-state index in [9.17, 15) is 14.7 Å². The number of benzene rings is 1. The van der Waals surface area contributed by atoms with Gasteiger partial charge in [-0.2, -0.15) is 0 Å². The fourth-order valence-electron chi connectivity index (χ4n) is 3.32. The highest BCUT2D eigenvalue weighted by molar-refractivity contribution is 5.84. The van der Waals surface area contributed by atoms with Crippen molar-refractivity contribution in [3.63, 3.8) is 0 Å². The van der Waals surface area contributed by atoms with E-state index in [-0.39, 0.29) is 6.03 Å². The Morgan fingerprint density at radius 3 is 2.46 bits per heavy atom. The van der Waals surface area contributed by atoms with Crippen LogP contribution >= 0.6 is 0 Å². The molecule has 148 valence electrons. The summed E-state index contributed by atoms with van der Waals surface area (Å²) in [4.78, 5) is 36.7. The number of carboxylic acid groups (broad SMARTS) is 1. The first-order valence-electron chi connectivity index (χ1n) is 9.24. The maximum Gasteiger partial charge on any atom is 0.330 e. The molecule has 1 fully saturated rings. The summed E-state index contributed by atoms with van der Waals surface area (Å²) in [6.07, 6.45) is 1.55. The van der Waals surface area contributed by atoms with Gasteiger partial charge in [-0.1, -0.05) is 29.8 Å². The SMILES string of the molecule is Cc1cccc([C@@H](NC(=O)N2CCN(c3ncnc(C)c3C)CC2)C(=O)O)c1. The number of aromatic nitrogens is 2. The van der Waals surface area contributed by atoms with E-state index in [0.29, 0.717) is 31.7 Å². The summed E-state index contributed by atoms with van der Waals surface area (Å²) in [5.74, 6) is -0.194. The van der Waals surface area contributed by atoms with Crippen molar-refractivity contribution in [2.24, 2.45) is 0 Å². The van der Waals surface area contributed by atoms with E-state index in [2.05, 4.69) is 20.2 Å². The molecular weight excluding hydrogens is 358 g/mol. The van der Waals surface area contributed by atoms with Gasteiger partial charge in [0.05, 0.1) is 0 Å². The van der Waals surface area contributed by atoms with Gasteiger partial charge >= 0.3 is 12.0 Å². The Kier molecular flexibility index (Phi) is 5.77. The first-order valence-corrected chi connectivity index (χ1v) is 9.24. The molecule has 8 nitrogen and oxygen atoms in total. The number of aliphatic carboxylic acids is 1. The van der Waals surface area contributed by atoms with Crippen molar-refractivity contribution in [2.45, 2.75) is 26.8 Å². The normalized spacial score (nSPS) is 15.2. The van der Waals surface area contributed by atoms with E-state index in [1.807, 2.05) is 26.8 Å². The van der Waals surface area contributed by atoms with Crippen molar-refractivity contribution in [3.8, 4) is 0 Å². The molecule has 2 amide bonds. The highest BCUT2D eigenvalue weighted by atomic mass is 16.4. The van der Waals surface area contributed by atoms with Crippen LogP contribution in [0, 0.1) is 20.8 Å². The summed E-state index contributed by atoms with van der Waals surface area (Å²) >= 11 is 0. The molecule has 2 aromatic rings. The average molecular weight is 383 g/mol. The number of carboxylic acids is 1. The Balaban J connectivity index is 1.64. The van der Waals surface area contributed by atoms with E-state index in [1.54, 1.807) is 29.4 Å². The van der Waals surface area contributed by atoms with Crippen molar-refractivity contribution in [1.82, 2.24) is 20.2 Å². The zero-order valence-corrected chi connectivity index (χ0v) is 16.3. The van der Waals surface area contributed by atoms with E-state index in [4.69, 9.17) is 0 Å². The zero-order valence-electron chi connectivity index (χ0n) is 16.3. The first kappa shape index (κ1) is 19.6. The molecule has 1 aliphatic heterocycles. The smallest absolute Gasteiger partial charge is 0.330 e. The Labute approximate surface area is 164 Å². The van der Waals surface area contributed by atoms with Gasteiger partial charge in [-0.05, 0) is 26.3 Å². The second kappa shape index (κ2) is 8.24. The summed E-state index contributed by atoms with van der Waals surface area (Å²) in [5, 5.41) is 12.2. The number of rotatable bonds is 4.